The fraction of sp³-hybridized carbons (Fsp3) is 0.467. The number of hydrogen-bond donors (Lipinski definition) is 2. The van der Waals surface area contributed by atoms with Crippen LogP contribution in [0.5, 0.6) is 0 Å². The molecule has 2 N–H and O–H groups in total. The topological polar surface area (TPSA) is 65.2 Å². The van der Waals surface area contributed by atoms with Gasteiger partial charge in [0.2, 0.25) is 10.0 Å². The molecule has 0 aliphatic rings. The van der Waals surface area contributed by atoms with Crippen molar-refractivity contribution in [1.82, 2.24) is 14.6 Å². The zero-order valence-corrected chi connectivity index (χ0v) is 13.4. The van der Waals surface area contributed by atoms with E-state index in [1.807, 2.05) is 13.1 Å². The van der Waals surface area contributed by atoms with Crippen molar-refractivity contribution in [1.29, 1.82) is 0 Å². The third kappa shape index (κ3) is 4.56. The second-order valence-electron chi connectivity index (χ2n) is 5.18. The van der Waals surface area contributed by atoms with Crippen LogP contribution >= 0.6 is 0 Å². The van der Waals surface area contributed by atoms with Crippen LogP contribution in [-0.4, -0.2) is 43.6 Å². The molecule has 0 spiro atoms. The lowest BCUT2D eigenvalue weighted by Gasteiger charge is -2.17. The van der Waals surface area contributed by atoms with Crippen molar-refractivity contribution in [2.45, 2.75) is 19.9 Å². The summed E-state index contributed by atoms with van der Waals surface area (Å²) in [6.45, 7) is 4.55. The van der Waals surface area contributed by atoms with Crippen LogP contribution in [0.2, 0.25) is 0 Å². The van der Waals surface area contributed by atoms with Crippen LogP contribution in [0.15, 0.2) is 30.5 Å². The number of nitrogens with one attached hydrogen (secondary N) is 2. The highest BCUT2D eigenvalue weighted by Crippen LogP contribution is 2.13. The van der Waals surface area contributed by atoms with Crippen molar-refractivity contribution in [3.8, 4) is 0 Å². The summed E-state index contributed by atoms with van der Waals surface area (Å²) in [5, 5.41) is 4.57. The number of hydrogen-bond acceptors (Lipinski definition) is 3. The molecule has 1 heterocycles. The third-order valence-electron chi connectivity index (χ3n) is 3.53. The number of H-pyrrole nitrogens is 1. The average molecular weight is 309 g/mol. The molecule has 0 atom stereocenters. The van der Waals surface area contributed by atoms with E-state index in [1.54, 1.807) is 0 Å². The minimum atomic E-state index is -3.07. The van der Waals surface area contributed by atoms with Gasteiger partial charge in [-0.1, -0.05) is 19.1 Å². The van der Waals surface area contributed by atoms with Crippen molar-refractivity contribution < 1.29 is 8.42 Å². The zero-order chi connectivity index (χ0) is 15.3. The number of nitrogens with zero attached hydrogens (tertiary/aromatic N) is 1. The molecule has 0 amide bonds. The van der Waals surface area contributed by atoms with Crippen LogP contribution in [-0.2, 0) is 16.6 Å². The fourth-order valence-electron chi connectivity index (χ4n) is 2.38. The second-order valence-corrected chi connectivity index (χ2v) is 7.17. The number of aromatic nitrogens is 1. The predicted octanol–water partition coefficient (Wildman–Crippen LogP) is 1.93. The molecule has 0 saturated carbocycles. The van der Waals surface area contributed by atoms with Gasteiger partial charge in [0.15, 0.2) is 0 Å². The molecule has 21 heavy (non-hydrogen) atoms. The Hall–Kier alpha value is -1.37. The first-order valence-corrected chi connectivity index (χ1v) is 9.07. The van der Waals surface area contributed by atoms with Crippen LogP contribution in [0.25, 0.3) is 10.9 Å². The molecule has 0 fully saturated rings. The van der Waals surface area contributed by atoms with E-state index in [4.69, 9.17) is 0 Å². The maximum absolute atomic E-state index is 11.4. The summed E-state index contributed by atoms with van der Waals surface area (Å²) >= 11 is 0. The first-order chi connectivity index (χ1) is 10.0. The molecular weight excluding hydrogens is 286 g/mol. The lowest BCUT2D eigenvalue weighted by molar-refractivity contribution is 0.419. The minimum Gasteiger partial charge on any atom is -0.361 e. The zero-order valence-electron chi connectivity index (χ0n) is 12.6. The molecule has 0 aliphatic heterocycles. The van der Waals surface area contributed by atoms with Crippen molar-refractivity contribution in [3.63, 3.8) is 0 Å². The van der Waals surface area contributed by atoms with E-state index in [2.05, 4.69) is 34.6 Å². The molecule has 5 nitrogen and oxygen atoms in total. The van der Waals surface area contributed by atoms with Crippen molar-refractivity contribution in [3.05, 3.63) is 36.0 Å². The van der Waals surface area contributed by atoms with E-state index >= 15 is 0 Å². The largest absolute Gasteiger partial charge is 0.361 e. The molecule has 116 valence electrons. The first kappa shape index (κ1) is 16.0. The van der Waals surface area contributed by atoms with E-state index in [-0.39, 0.29) is 0 Å². The number of benzene rings is 1. The average Bonchev–Trinajstić information content (AvgIpc) is 2.88. The summed E-state index contributed by atoms with van der Waals surface area (Å²) in [6.07, 6.45) is 4.01. The minimum absolute atomic E-state index is 0.530. The SMILES string of the molecule is CCN(CCCNCc1ccc2cc[nH]c2c1)S(C)(=O)=O. The Labute approximate surface area is 126 Å². The molecule has 1 aromatic heterocycles. The van der Waals surface area contributed by atoms with Gasteiger partial charge in [-0.3, -0.25) is 0 Å². The van der Waals surface area contributed by atoms with Gasteiger partial charge in [-0.2, -0.15) is 0 Å². The summed E-state index contributed by atoms with van der Waals surface area (Å²) in [5.41, 5.74) is 2.36. The first-order valence-electron chi connectivity index (χ1n) is 7.22. The molecule has 2 rings (SSSR count). The highest BCUT2D eigenvalue weighted by Gasteiger charge is 2.12. The van der Waals surface area contributed by atoms with Crippen LogP contribution in [0.1, 0.15) is 18.9 Å². The van der Waals surface area contributed by atoms with Gasteiger partial charge < -0.3 is 10.3 Å². The number of aromatic amines is 1. The third-order valence-corrected chi connectivity index (χ3v) is 4.91. The highest BCUT2D eigenvalue weighted by atomic mass is 32.2. The smallest absolute Gasteiger partial charge is 0.211 e. The van der Waals surface area contributed by atoms with Crippen molar-refractivity contribution in [2.75, 3.05) is 25.9 Å². The van der Waals surface area contributed by atoms with Gasteiger partial charge in [0.05, 0.1) is 6.26 Å². The van der Waals surface area contributed by atoms with E-state index < -0.39 is 10.0 Å². The number of fused-ring (bicyclic) bond motifs is 1. The summed E-state index contributed by atoms with van der Waals surface area (Å²) in [6, 6.07) is 8.40. The van der Waals surface area contributed by atoms with Gasteiger partial charge in [0.25, 0.3) is 0 Å². The van der Waals surface area contributed by atoms with Crippen LogP contribution < -0.4 is 5.32 Å². The predicted molar refractivity (Wildman–Crippen MR) is 86.7 cm³/mol. The molecule has 0 saturated heterocycles. The fourth-order valence-corrected chi connectivity index (χ4v) is 3.31. The number of rotatable bonds is 8. The van der Waals surface area contributed by atoms with Crippen molar-refractivity contribution >= 4 is 20.9 Å². The lowest BCUT2D eigenvalue weighted by atomic mass is 10.1. The summed E-state index contributed by atoms with van der Waals surface area (Å²) in [4.78, 5) is 3.20. The van der Waals surface area contributed by atoms with Gasteiger partial charge >= 0.3 is 0 Å². The summed E-state index contributed by atoms with van der Waals surface area (Å²) in [5.74, 6) is 0. The van der Waals surface area contributed by atoms with Crippen LogP contribution in [0, 0.1) is 0 Å². The quantitative estimate of drug-likeness (QED) is 0.732. The summed E-state index contributed by atoms with van der Waals surface area (Å²) in [7, 11) is -3.07. The van der Waals surface area contributed by atoms with Crippen molar-refractivity contribution in [2.24, 2.45) is 0 Å². The van der Waals surface area contributed by atoms with Crippen LogP contribution in [0.3, 0.4) is 0 Å². The Morgan fingerprint density at radius 2 is 2.10 bits per heavy atom. The van der Waals surface area contributed by atoms with Gasteiger partial charge in [0, 0.05) is 31.3 Å². The molecule has 1 aromatic carbocycles. The molecular formula is C15H23N3O2S. The number of sulfonamides is 1. The van der Waals surface area contributed by atoms with E-state index in [1.165, 1.54) is 21.5 Å². The van der Waals surface area contributed by atoms with Gasteiger partial charge in [-0.05, 0) is 36.0 Å². The summed E-state index contributed by atoms with van der Waals surface area (Å²) < 4.78 is 24.4. The van der Waals surface area contributed by atoms with Gasteiger partial charge in [-0.15, -0.1) is 0 Å². The monoisotopic (exact) mass is 309 g/mol. The Morgan fingerprint density at radius 3 is 2.81 bits per heavy atom. The molecule has 0 radical (unpaired) electrons. The lowest BCUT2D eigenvalue weighted by Crippen LogP contribution is -2.32. The van der Waals surface area contributed by atoms with Gasteiger partial charge in [-0.25, -0.2) is 12.7 Å². The second kappa shape index (κ2) is 7.06. The maximum atomic E-state index is 11.4. The Kier molecular flexibility index (Phi) is 5.39. The van der Waals surface area contributed by atoms with E-state index in [0.29, 0.717) is 13.1 Å². The Balaban J connectivity index is 1.74. The molecule has 6 heteroatoms. The molecule has 0 aliphatic carbocycles. The maximum Gasteiger partial charge on any atom is 0.211 e. The molecule has 2 aromatic rings. The highest BCUT2D eigenvalue weighted by molar-refractivity contribution is 7.88. The van der Waals surface area contributed by atoms with E-state index in [9.17, 15) is 8.42 Å². The van der Waals surface area contributed by atoms with E-state index in [0.717, 1.165) is 25.0 Å². The molecule has 0 unspecified atom stereocenters. The Morgan fingerprint density at radius 1 is 1.29 bits per heavy atom. The van der Waals surface area contributed by atoms with Crippen LogP contribution in [0.4, 0.5) is 0 Å². The van der Waals surface area contributed by atoms with Gasteiger partial charge in [0.1, 0.15) is 0 Å². The Bertz CT molecular complexity index is 679. The standard InChI is InChI=1S/C15H23N3O2S/c1-3-18(21(2,19)20)10-4-8-16-12-13-5-6-14-7-9-17-15(14)11-13/h5-7,9,11,16-17H,3-4,8,10,12H2,1-2H3. The molecule has 0 bridgehead atoms. The normalized spacial score (nSPS) is 12.3.